The molecule has 3 heteroatoms. The molecule has 0 saturated carbocycles. The molecule has 0 aliphatic heterocycles. The minimum absolute atomic E-state index is 0.312. The summed E-state index contributed by atoms with van der Waals surface area (Å²) in [6.07, 6.45) is 4.34. The molecule has 0 heterocycles. The SMILES string of the molecule is O=CCC=Cc1cc(F)ccc1Cl. The van der Waals surface area contributed by atoms with Crippen LogP contribution < -0.4 is 0 Å². The Kier molecular flexibility index (Phi) is 3.65. The zero-order valence-electron chi connectivity index (χ0n) is 6.84. The first-order valence-electron chi connectivity index (χ1n) is 3.79. The topological polar surface area (TPSA) is 17.1 Å². The Balaban J connectivity index is 2.86. The Morgan fingerprint density at radius 3 is 2.92 bits per heavy atom. The monoisotopic (exact) mass is 198 g/mol. The van der Waals surface area contributed by atoms with Gasteiger partial charge in [0.1, 0.15) is 12.1 Å². The number of hydrogen-bond acceptors (Lipinski definition) is 1. The van der Waals surface area contributed by atoms with Crippen LogP contribution in [0, 0.1) is 5.82 Å². The van der Waals surface area contributed by atoms with Crippen LogP contribution in [-0.4, -0.2) is 6.29 Å². The molecule has 0 aromatic heterocycles. The van der Waals surface area contributed by atoms with Crippen molar-refractivity contribution < 1.29 is 9.18 Å². The zero-order valence-corrected chi connectivity index (χ0v) is 7.59. The highest BCUT2D eigenvalue weighted by Gasteiger charge is 1.97. The lowest BCUT2D eigenvalue weighted by molar-refractivity contribution is -0.107. The van der Waals surface area contributed by atoms with Gasteiger partial charge in [-0.15, -0.1) is 0 Å². The van der Waals surface area contributed by atoms with Crippen molar-refractivity contribution in [1.82, 2.24) is 0 Å². The fourth-order valence-corrected chi connectivity index (χ4v) is 1.07. The van der Waals surface area contributed by atoms with Crippen LogP contribution in [0.4, 0.5) is 4.39 Å². The van der Waals surface area contributed by atoms with Gasteiger partial charge in [0.05, 0.1) is 0 Å². The van der Waals surface area contributed by atoms with E-state index in [4.69, 9.17) is 11.6 Å². The van der Waals surface area contributed by atoms with Crippen LogP contribution >= 0.6 is 11.6 Å². The van der Waals surface area contributed by atoms with Gasteiger partial charge >= 0.3 is 0 Å². The summed E-state index contributed by atoms with van der Waals surface area (Å²) in [6, 6.07) is 4.10. The summed E-state index contributed by atoms with van der Waals surface area (Å²) in [5.41, 5.74) is 0.587. The van der Waals surface area contributed by atoms with Crippen LogP contribution in [0.5, 0.6) is 0 Å². The molecule has 0 bridgehead atoms. The second-order valence-electron chi connectivity index (χ2n) is 2.47. The molecular weight excluding hydrogens is 191 g/mol. The summed E-state index contributed by atoms with van der Waals surface area (Å²) in [4.78, 5) is 9.99. The van der Waals surface area contributed by atoms with Gasteiger partial charge in [-0.05, 0) is 23.8 Å². The van der Waals surface area contributed by atoms with Gasteiger partial charge in [-0.2, -0.15) is 0 Å². The molecule has 0 N–H and O–H groups in total. The first-order chi connectivity index (χ1) is 6.24. The number of benzene rings is 1. The fourth-order valence-electron chi connectivity index (χ4n) is 0.893. The summed E-state index contributed by atoms with van der Waals surface area (Å²) < 4.78 is 12.7. The molecule has 13 heavy (non-hydrogen) atoms. The average molecular weight is 199 g/mol. The van der Waals surface area contributed by atoms with Gasteiger partial charge in [0.2, 0.25) is 0 Å². The van der Waals surface area contributed by atoms with Gasteiger partial charge < -0.3 is 4.79 Å². The van der Waals surface area contributed by atoms with Crippen molar-refractivity contribution in [2.75, 3.05) is 0 Å². The van der Waals surface area contributed by atoms with Crippen molar-refractivity contribution in [3.63, 3.8) is 0 Å². The van der Waals surface area contributed by atoms with Gasteiger partial charge in [-0.3, -0.25) is 0 Å². The van der Waals surface area contributed by atoms with Crippen molar-refractivity contribution in [2.24, 2.45) is 0 Å². The van der Waals surface area contributed by atoms with E-state index < -0.39 is 0 Å². The van der Waals surface area contributed by atoms with E-state index in [2.05, 4.69) is 0 Å². The molecule has 0 atom stereocenters. The van der Waals surface area contributed by atoms with Crippen molar-refractivity contribution >= 4 is 24.0 Å². The zero-order chi connectivity index (χ0) is 9.68. The normalized spacial score (nSPS) is 10.6. The molecular formula is C10H8ClFO. The molecule has 0 radical (unpaired) electrons. The number of hydrogen-bond donors (Lipinski definition) is 0. The maximum Gasteiger partial charge on any atom is 0.123 e. The molecule has 68 valence electrons. The predicted molar refractivity (Wildman–Crippen MR) is 51.1 cm³/mol. The van der Waals surface area contributed by atoms with Gasteiger partial charge in [0.15, 0.2) is 0 Å². The smallest absolute Gasteiger partial charge is 0.123 e. The van der Waals surface area contributed by atoms with Crippen LogP contribution in [0.25, 0.3) is 6.08 Å². The lowest BCUT2D eigenvalue weighted by atomic mass is 10.2. The van der Waals surface area contributed by atoms with Crippen LogP contribution in [0.15, 0.2) is 24.3 Å². The number of allylic oxidation sites excluding steroid dienone is 1. The van der Waals surface area contributed by atoms with Gasteiger partial charge in [-0.25, -0.2) is 4.39 Å². The van der Waals surface area contributed by atoms with E-state index in [1.807, 2.05) is 0 Å². The van der Waals surface area contributed by atoms with Crippen LogP contribution in [0.1, 0.15) is 12.0 Å². The van der Waals surface area contributed by atoms with Gasteiger partial charge in [0, 0.05) is 11.4 Å². The van der Waals surface area contributed by atoms with Crippen molar-refractivity contribution in [1.29, 1.82) is 0 Å². The summed E-state index contributed by atoms with van der Waals surface area (Å²) in [7, 11) is 0. The Labute approximate surface area is 80.8 Å². The first-order valence-corrected chi connectivity index (χ1v) is 4.17. The first kappa shape index (κ1) is 9.93. The maximum absolute atomic E-state index is 12.7. The highest BCUT2D eigenvalue weighted by atomic mass is 35.5. The summed E-state index contributed by atoms with van der Waals surface area (Å²) in [6.45, 7) is 0. The maximum atomic E-state index is 12.7. The standard InChI is InChI=1S/C10H8ClFO/c11-10-5-4-9(12)7-8(10)3-1-2-6-13/h1,3-7H,2H2. The quantitative estimate of drug-likeness (QED) is 0.683. The lowest BCUT2D eigenvalue weighted by Crippen LogP contribution is -1.78. The van der Waals surface area contributed by atoms with Crippen LogP contribution in [0.3, 0.4) is 0 Å². The van der Waals surface area contributed by atoms with Crippen molar-refractivity contribution in [3.8, 4) is 0 Å². The number of carbonyl (C=O) groups excluding carboxylic acids is 1. The van der Waals surface area contributed by atoms with E-state index in [0.29, 0.717) is 17.0 Å². The van der Waals surface area contributed by atoms with Crippen LogP contribution in [0.2, 0.25) is 5.02 Å². The molecule has 1 aromatic rings. The lowest BCUT2D eigenvalue weighted by Gasteiger charge is -1.96. The second kappa shape index (κ2) is 4.77. The predicted octanol–water partition coefficient (Wildman–Crippen LogP) is 3.08. The third-order valence-corrected chi connectivity index (χ3v) is 1.83. The van der Waals surface area contributed by atoms with Gasteiger partial charge in [0.25, 0.3) is 0 Å². The van der Waals surface area contributed by atoms with Crippen molar-refractivity contribution in [3.05, 3.63) is 40.7 Å². The largest absolute Gasteiger partial charge is 0.303 e. The second-order valence-corrected chi connectivity index (χ2v) is 2.88. The van der Waals surface area contributed by atoms with Crippen LogP contribution in [-0.2, 0) is 4.79 Å². The minimum Gasteiger partial charge on any atom is -0.303 e. The number of aldehydes is 1. The van der Waals surface area contributed by atoms with E-state index in [9.17, 15) is 9.18 Å². The number of rotatable bonds is 3. The molecule has 0 aliphatic carbocycles. The van der Waals surface area contributed by atoms with E-state index in [-0.39, 0.29) is 5.82 Å². The van der Waals surface area contributed by atoms with E-state index >= 15 is 0 Å². The molecule has 1 aromatic carbocycles. The Morgan fingerprint density at radius 1 is 1.46 bits per heavy atom. The van der Waals surface area contributed by atoms with E-state index in [1.165, 1.54) is 18.2 Å². The average Bonchev–Trinajstić information content (AvgIpc) is 2.11. The highest BCUT2D eigenvalue weighted by molar-refractivity contribution is 6.32. The molecule has 0 aliphatic rings. The molecule has 0 spiro atoms. The Bertz CT molecular complexity index is 334. The number of halogens is 2. The molecule has 0 fully saturated rings. The van der Waals surface area contributed by atoms with Gasteiger partial charge in [-0.1, -0.05) is 23.8 Å². The fraction of sp³-hybridized carbons (Fsp3) is 0.100. The Hall–Kier alpha value is -1.15. The molecule has 0 saturated heterocycles. The molecule has 1 rings (SSSR count). The summed E-state index contributed by atoms with van der Waals surface area (Å²) >= 11 is 5.77. The Morgan fingerprint density at radius 2 is 2.23 bits per heavy atom. The van der Waals surface area contributed by atoms with E-state index in [1.54, 1.807) is 12.2 Å². The molecule has 1 nitrogen and oxygen atoms in total. The third-order valence-electron chi connectivity index (χ3n) is 1.49. The van der Waals surface area contributed by atoms with Crippen molar-refractivity contribution in [2.45, 2.75) is 6.42 Å². The summed E-state index contributed by atoms with van der Waals surface area (Å²) in [5, 5.41) is 0.476. The third kappa shape index (κ3) is 2.99. The number of carbonyl (C=O) groups is 1. The molecule has 0 unspecified atom stereocenters. The van der Waals surface area contributed by atoms with E-state index in [0.717, 1.165) is 6.29 Å². The highest BCUT2D eigenvalue weighted by Crippen LogP contribution is 2.18. The summed E-state index contributed by atoms with van der Waals surface area (Å²) in [5.74, 6) is -0.338. The molecule has 0 amide bonds. The minimum atomic E-state index is -0.338.